The summed E-state index contributed by atoms with van der Waals surface area (Å²) in [6.07, 6.45) is 3.47. The van der Waals surface area contributed by atoms with Crippen LogP contribution in [0.2, 0.25) is 0 Å². The lowest BCUT2D eigenvalue weighted by Crippen LogP contribution is -2.16. The molecule has 0 aliphatic carbocycles. The Bertz CT molecular complexity index is 295. The van der Waals surface area contributed by atoms with Crippen LogP contribution in [0.1, 0.15) is 18.0 Å². The van der Waals surface area contributed by atoms with E-state index < -0.39 is 5.97 Å². The Morgan fingerprint density at radius 2 is 2.54 bits per heavy atom. The first-order chi connectivity index (χ1) is 6.13. The van der Waals surface area contributed by atoms with E-state index in [4.69, 9.17) is 10.8 Å². The molecule has 1 atom stereocenters. The summed E-state index contributed by atoms with van der Waals surface area (Å²) in [4.78, 5) is 14.5. The minimum absolute atomic E-state index is 0.0352. The van der Waals surface area contributed by atoms with E-state index in [9.17, 15) is 4.79 Å². The molecule has 0 fully saturated rings. The van der Waals surface area contributed by atoms with Crippen LogP contribution in [0.4, 0.5) is 0 Å². The highest BCUT2D eigenvalue weighted by Crippen LogP contribution is 2.15. The topological polar surface area (TPSA) is 81.1 Å². The summed E-state index contributed by atoms with van der Waals surface area (Å²) in [5, 5.41) is 8.59. The fourth-order valence-electron chi connectivity index (χ4n) is 1.16. The molecule has 0 aliphatic rings. The monoisotopic (exact) mass is 183 g/mol. The molecule has 3 N–H and O–H groups in total. The third-order valence-corrected chi connectivity index (χ3v) is 1.85. The number of rotatable bonds is 4. The molecule has 1 aromatic rings. The van der Waals surface area contributed by atoms with Crippen molar-refractivity contribution in [3.05, 3.63) is 18.2 Å². The van der Waals surface area contributed by atoms with Crippen LogP contribution in [0.25, 0.3) is 0 Å². The van der Waals surface area contributed by atoms with Crippen molar-refractivity contribution in [1.29, 1.82) is 0 Å². The van der Waals surface area contributed by atoms with Gasteiger partial charge in [-0.1, -0.05) is 0 Å². The van der Waals surface area contributed by atoms with Crippen molar-refractivity contribution >= 4 is 5.97 Å². The molecule has 72 valence electrons. The molecule has 5 nitrogen and oxygen atoms in total. The summed E-state index contributed by atoms with van der Waals surface area (Å²) in [5.41, 5.74) is 6.19. The second kappa shape index (κ2) is 4.04. The van der Waals surface area contributed by atoms with Crippen LogP contribution in [-0.4, -0.2) is 27.2 Å². The average molecular weight is 183 g/mol. The Balaban J connectivity index is 2.72. The fourth-order valence-corrected chi connectivity index (χ4v) is 1.16. The highest BCUT2D eigenvalue weighted by atomic mass is 16.4. The van der Waals surface area contributed by atoms with Crippen molar-refractivity contribution < 1.29 is 9.90 Å². The van der Waals surface area contributed by atoms with Crippen LogP contribution < -0.4 is 5.73 Å². The van der Waals surface area contributed by atoms with Crippen molar-refractivity contribution in [3.8, 4) is 0 Å². The van der Waals surface area contributed by atoms with Crippen LogP contribution in [0.15, 0.2) is 12.5 Å². The number of nitrogens with zero attached hydrogens (tertiary/aromatic N) is 2. The van der Waals surface area contributed by atoms with E-state index in [1.165, 1.54) is 0 Å². The molecule has 1 rings (SSSR count). The molecule has 5 heteroatoms. The zero-order valence-electron chi connectivity index (χ0n) is 7.47. The molecule has 0 saturated heterocycles. The van der Waals surface area contributed by atoms with E-state index >= 15 is 0 Å². The normalized spacial score (nSPS) is 12.8. The van der Waals surface area contributed by atoms with Gasteiger partial charge >= 0.3 is 5.97 Å². The summed E-state index contributed by atoms with van der Waals surface area (Å²) in [5.74, 6) is -1.03. The number of carbonyl (C=O) groups is 1. The first-order valence-corrected chi connectivity index (χ1v) is 4.03. The molecule has 0 spiro atoms. The van der Waals surface area contributed by atoms with Gasteiger partial charge in [-0.15, -0.1) is 0 Å². The van der Waals surface area contributed by atoms with E-state index in [1.54, 1.807) is 17.1 Å². The minimum Gasteiger partial charge on any atom is -0.481 e. The van der Waals surface area contributed by atoms with Gasteiger partial charge in [0.1, 0.15) is 0 Å². The maximum Gasteiger partial charge on any atom is 0.304 e. The minimum atomic E-state index is -0.846. The molecule has 0 amide bonds. The molecular formula is C8H13N3O2. The van der Waals surface area contributed by atoms with E-state index in [0.29, 0.717) is 6.54 Å². The molecule has 0 bridgehead atoms. The number of aliphatic carboxylic acids is 1. The molecule has 1 aromatic heterocycles. The maximum atomic E-state index is 10.5. The lowest BCUT2D eigenvalue weighted by atomic mass is 10.0. The lowest BCUT2D eigenvalue weighted by Gasteiger charge is -2.07. The number of aromatic nitrogens is 2. The van der Waals surface area contributed by atoms with Crippen molar-refractivity contribution in [2.45, 2.75) is 12.3 Å². The number of hydrogen-bond donors (Lipinski definition) is 2. The predicted molar refractivity (Wildman–Crippen MR) is 47.3 cm³/mol. The molecule has 13 heavy (non-hydrogen) atoms. The van der Waals surface area contributed by atoms with Crippen molar-refractivity contribution in [3.63, 3.8) is 0 Å². The van der Waals surface area contributed by atoms with Gasteiger partial charge in [-0.05, 0) is 0 Å². The van der Waals surface area contributed by atoms with Crippen LogP contribution in [-0.2, 0) is 11.8 Å². The largest absolute Gasteiger partial charge is 0.481 e. The number of imidazole rings is 1. The number of carboxylic acids is 1. The number of hydrogen-bond acceptors (Lipinski definition) is 3. The van der Waals surface area contributed by atoms with Crippen LogP contribution >= 0.6 is 0 Å². The smallest absolute Gasteiger partial charge is 0.304 e. The fraction of sp³-hybridized carbons (Fsp3) is 0.500. The zero-order valence-corrected chi connectivity index (χ0v) is 7.47. The second-order valence-corrected chi connectivity index (χ2v) is 2.99. The summed E-state index contributed by atoms with van der Waals surface area (Å²) in [7, 11) is 1.84. The highest BCUT2D eigenvalue weighted by Gasteiger charge is 2.15. The Labute approximate surface area is 76.2 Å². The van der Waals surface area contributed by atoms with E-state index in [-0.39, 0.29) is 12.3 Å². The lowest BCUT2D eigenvalue weighted by molar-refractivity contribution is -0.137. The van der Waals surface area contributed by atoms with Gasteiger partial charge in [0.2, 0.25) is 0 Å². The molecule has 0 saturated carbocycles. The quantitative estimate of drug-likeness (QED) is 0.685. The standard InChI is InChI=1S/C8H13N3O2/c1-11-4-7(10-5-11)6(3-9)2-8(12)13/h4-6H,2-3,9H2,1H3,(H,12,13). The van der Waals surface area contributed by atoms with E-state index in [1.807, 2.05) is 7.05 Å². The van der Waals surface area contributed by atoms with Gasteiger partial charge in [0.15, 0.2) is 0 Å². The van der Waals surface area contributed by atoms with Crippen LogP contribution in [0.3, 0.4) is 0 Å². The first-order valence-electron chi connectivity index (χ1n) is 4.03. The molecule has 0 aliphatic heterocycles. The van der Waals surface area contributed by atoms with Gasteiger partial charge in [-0.2, -0.15) is 0 Å². The Hall–Kier alpha value is -1.36. The average Bonchev–Trinajstić information content (AvgIpc) is 2.47. The van der Waals surface area contributed by atoms with Crippen molar-refractivity contribution in [1.82, 2.24) is 9.55 Å². The molecular weight excluding hydrogens is 170 g/mol. The maximum absolute atomic E-state index is 10.5. The second-order valence-electron chi connectivity index (χ2n) is 2.99. The SMILES string of the molecule is Cn1cnc(C(CN)CC(=O)O)c1. The Kier molecular flexibility index (Phi) is 3.02. The highest BCUT2D eigenvalue weighted by molar-refractivity contribution is 5.67. The van der Waals surface area contributed by atoms with Gasteiger partial charge in [0, 0.05) is 25.7 Å². The third-order valence-electron chi connectivity index (χ3n) is 1.85. The van der Waals surface area contributed by atoms with Gasteiger partial charge < -0.3 is 15.4 Å². The van der Waals surface area contributed by atoms with E-state index in [2.05, 4.69) is 4.98 Å². The molecule has 1 heterocycles. The van der Waals surface area contributed by atoms with Gasteiger partial charge in [-0.25, -0.2) is 4.98 Å². The number of aryl methyl sites for hydroxylation is 1. The molecule has 1 unspecified atom stereocenters. The van der Waals surface area contributed by atoms with Crippen molar-refractivity contribution in [2.24, 2.45) is 12.8 Å². The molecule has 0 radical (unpaired) electrons. The van der Waals surface area contributed by atoms with Crippen molar-refractivity contribution in [2.75, 3.05) is 6.54 Å². The zero-order chi connectivity index (χ0) is 9.84. The van der Waals surface area contributed by atoms with Crippen LogP contribution in [0.5, 0.6) is 0 Å². The predicted octanol–water partition coefficient (Wildman–Crippen LogP) is -0.0629. The Morgan fingerprint density at radius 3 is 2.92 bits per heavy atom. The molecule has 0 aromatic carbocycles. The first kappa shape index (κ1) is 9.73. The van der Waals surface area contributed by atoms with Gasteiger partial charge in [0.05, 0.1) is 18.4 Å². The Morgan fingerprint density at radius 1 is 1.85 bits per heavy atom. The summed E-state index contributed by atoms with van der Waals surface area (Å²) in [6.45, 7) is 0.309. The van der Waals surface area contributed by atoms with Gasteiger partial charge in [0.25, 0.3) is 0 Å². The number of nitrogens with two attached hydrogens (primary N) is 1. The van der Waals surface area contributed by atoms with Crippen LogP contribution in [0, 0.1) is 0 Å². The third kappa shape index (κ3) is 2.55. The summed E-state index contributed by atoms with van der Waals surface area (Å²) in [6, 6.07) is 0. The van der Waals surface area contributed by atoms with E-state index in [0.717, 1.165) is 5.69 Å². The van der Waals surface area contributed by atoms with Gasteiger partial charge in [-0.3, -0.25) is 4.79 Å². The summed E-state index contributed by atoms with van der Waals surface area (Å²) < 4.78 is 1.78. The summed E-state index contributed by atoms with van der Waals surface area (Å²) >= 11 is 0. The number of carboxylic acid groups (broad SMARTS) is 1.